The summed E-state index contributed by atoms with van der Waals surface area (Å²) in [7, 11) is 0. The first-order chi connectivity index (χ1) is 15.8. The van der Waals surface area contributed by atoms with Crippen LogP contribution in [-0.4, -0.2) is 81.1 Å². The molecular weight excluding hydrogens is 440 g/mol. The molecule has 4 unspecified atom stereocenters. The van der Waals surface area contributed by atoms with E-state index in [1.54, 1.807) is 29.7 Å². The molecule has 186 valence electrons. The van der Waals surface area contributed by atoms with Crippen LogP contribution in [0.15, 0.2) is 12.7 Å². The van der Waals surface area contributed by atoms with Gasteiger partial charge in [-0.2, -0.15) is 0 Å². The number of carbonyl (C=O) groups excluding carboxylic acids is 3. The van der Waals surface area contributed by atoms with Crippen molar-refractivity contribution in [3.8, 4) is 0 Å². The van der Waals surface area contributed by atoms with E-state index in [0.717, 1.165) is 19.3 Å². The number of likely N-dealkylation sites (tertiary alicyclic amines) is 1. The molecule has 2 amide bonds. The number of rotatable bonds is 12. The molecule has 7 atom stereocenters. The van der Waals surface area contributed by atoms with Gasteiger partial charge in [0.25, 0.3) is 0 Å². The van der Waals surface area contributed by atoms with E-state index in [1.165, 1.54) is 0 Å². The summed E-state index contributed by atoms with van der Waals surface area (Å²) in [6.45, 7) is 13.1. The van der Waals surface area contributed by atoms with E-state index in [1.807, 2.05) is 4.90 Å². The lowest BCUT2D eigenvalue weighted by Gasteiger charge is -2.41. The van der Waals surface area contributed by atoms with Crippen molar-refractivity contribution < 1.29 is 24.2 Å². The Morgan fingerprint density at radius 2 is 2.12 bits per heavy atom. The first-order valence-electron chi connectivity index (χ1n) is 12.5. The molecule has 0 aromatic carbocycles. The summed E-state index contributed by atoms with van der Waals surface area (Å²) in [5.74, 6) is -1.36. The molecule has 0 radical (unpaired) electrons. The van der Waals surface area contributed by atoms with E-state index in [2.05, 4.69) is 27.4 Å². The van der Waals surface area contributed by atoms with Gasteiger partial charge in [-0.05, 0) is 45.4 Å². The van der Waals surface area contributed by atoms with Crippen LogP contribution >= 0.6 is 11.8 Å². The van der Waals surface area contributed by atoms with Gasteiger partial charge in [0.05, 0.1) is 23.2 Å². The van der Waals surface area contributed by atoms with Crippen LogP contribution in [0.4, 0.5) is 0 Å². The lowest BCUT2D eigenvalue weighted by Crippen LogP contribution is -2.58. The number of aliphatic hydroxyl groups is 1. The number of ether oxygens (including phenoxy) is 1. The molecule has 0 aliphatic carbocycles. The standard InChI is InChI=1S/C25H40N2O5S/c1-6-11-17(5)26(12-7-2)23(30)21-25-16(4)15-18(33-25)19(24(31)32-8-3)20(25)22(29)27(21)13-9-10-14-28/h7,16-21,28H,2,6,8-15H2,1,3-5H3/t16?,17?,18-,19+,20-,21?,25?/m0/s1. The van der Waals surface area contributed by atoms with E-state index in [-0.39, 0.29) is 48.2 Å². The monoisotopic (exact) mass is 480 g/mol. The van der Waals surface area contributed by atoms with Crippen molar-refractivity contribution >= 4 is 29.5 Å². The van der Waals surface area contributed by atoms with Crippen LogP contribution < -0.4 is 0 Å². The zero-order valence-corrected chi connectivity index (χ0v) is 21.3. The van der Waals surface area contributed by atoms with Crippen LogP contribution in [0.5, 0.6) is 0 Å². The van der Waals surface area contributed by atoms with Gasteiger partial charge >= 0.3 is 5.97 Å². The maximum atomic E-state index is 14.2. The third kappa shape index (κ3) is 4.33. The Labute approximate surface area is 202 Å². The van der Waals surface area contributed by atoms with E-state index in [9.17, 15) is 19.5 Å². The molecule has 0 aromatic rings. The number of hydrogen-bond donors (Lipinski definition) is 1. The Bertz CT molecular complexity index is 761. The largest absolute Gasteiger partial charge is 0.466 e. The Morgan fingerprint density at radius 3 is 2.73 bits per heavy atom. The van der Waals surface area contributed by atoms with Gasteiger partial charge in [0.1, 0.15) is 6.04 Å². The van der Waals surface area contributed by atoms with Crippen molar-refractivity contribution in [2.24, 2.45) is 17.8 Å². The number of unbranched alkanes of at least 4 members (excludes halogenated alkanes) is 1. The fourth-order valence-electron chi connectivity index (χ4n) is 6.30. The molecule has 0 saturated carbocycles. The van der Waals surface area contributed by atoms with Crippen LogP contribution in [0.2, 0.25) is 0 Å². The summed E-state index contributed by atoms with van der Waals surface area (Å²) < 4.78 is 4.76. The minimum absolute atomic E-state index is 0.00353. The number of carbonyl (C=O) groups is 3. The quantitative estimate of drug-likeness (QED) is 0.263. The zero-order chi connectivity index (χ0) is 24.3. The normalized spacial score (nSPS) is 33.2. The fraction of sp³-hybridized carbons (Fsp3) is 0.800. The molecule has 3 rings (SSSR count). The lowest BCUT2D eigenvalue weighted by atomic mass is 9.66. The van der Waals surface area contributed by atoms with Crippen LogP contribution in [-0.2, 0) is 19.1 Å². The smallest absolute Gasteiger partial charge is 0.310 e. The maximum Gasteiger partial charge on any atom is 0.310 e. The Hall–Kier alpha value is -1.54. The van der Waals surface area contributed by atoms with Crippen molar-refractivity contribution in [1.29, 1.82) is 0 Å². The molecule has 3 aliphatic heterocycles. The van der Waals surface area contributed by atoms with E-state index in [0.29, 0.717) is 25.9 Å². The predicted octanol–water partition coefficient (Wildman–Crippen LogP) is 2.86. The van der Waals surface area contributed by atoms with Gasteiger partial charge in [-0.1, -0.05) is 26.3 Å². The van der Waals surface area contributed by atoms with Gasteiger partial charge in [-0.15, -0.1) is 18.3 Å². The second-order valence-corrected chi connectivity index (χ2v) is 11.2. The molecule has 0 aromatic heterocycles. The fourth-order valence-corrected chi connectivity index (χ4v) is 8.70. The zero-order valence-electron chi connectivity index (χ0n) is 20.5. The van der Waals surface area contributed by atoms with Crippen LogP contribution in [0.1, 0.15) is 59.8 Å². The van der Waals surface area contributed by atoms with Crippen molar-refractivity contribution in [3.63, 3.8) is 0 Å². The predicted molar refractivity (Wildman–Crippen MR) is 130 cm³/mol. The highest BCUT2D eigenvalue weighted by molar-refractivity contribution is 8.02. The third-order valence-electron chi connectivity index (χ3n) is 7.69. The van der Waals surface area contributed by atoms with Gasteiger partial charge in [-0.3, -0.25) is 14.4 Å². The summed E-state index contributed by atoms with van der Waals surface area (Å²) in [6.07, 6.45) is 5.56. The molecule has 1 spiro atoms. The van der Waals surface area contributed by atoms with Gasteiger partial charge in [-0.25, -0.2) is 0 Å². The second kappa shape index (κ2) is 10.8. The number of aliphatic hydroxyl groups excluding tert-OH is 1. The van der Waals surface area contributed by atoms with Crippen molar-refractivity contribution in [1.82, 2.24) is 9.80 Å². The lowest BCUT2D eigenvalue weighted by molar-refractivity contribution is -0.154. The molecule has 2 bridgehead atoms. The highest BCUT2D eigenvalue weighted by Crippen LogP contribution is 2.68. The highest BCUT2D eigenvalue weighted by Gasteiger charge is 2.76. The molecule has 3 saturated heterocycles. The number of esters is 1. The molecule has 3 fully saturated rings. The summed E-state index contributed by atoms with van der Waals surface area (Å²) in [4.78, 5) is 44.6. The van der Waals surface area contributed by atoms with Crippen molar-refractivity contribution in [3.05, 3.63) is 12.7 Å². The summed E-state index contributed by atoms with van der Waals surface area (Å²) in [6, 6.07) is -0.581. The second-order valence-electron chi connectivity index (χ2n) is 9.68. The summed E-state index contributed by atoms with van der Waals surface area (Å²) in [5, 5.41) is 9.30. The van der Waals surface area contributed by atoms with Crippen molar-refractivity contribution in [2.75, 3.05) is 26.3 Å². The van der Waals surface area contributed by atoms with E-state index in [4.69, 9.17) is 4.74 Å². The SMILES string of the molecule is C=CCN(C(=O)C1N(CCCCO)C(=O)[C@@H]2[C@H](C(=O)OCC)[C@@H]3CC(C)C12S3)C(C)CCC. The minimum atomic E-state index is -0.624. The minimum Gasteiger partial charge on any atom is -0.466 e. The molecule has 3 aliphatic rings. The van der Waals surface area contributed by atoms with Gasteiger partial charge in [0.15, 0.2) is 0 Å². The van der Waals surface area contributed by atoms with Crippen LogP contribution in [0, 0.1) is 17.8 Å². The number of thioether (sulfide) groups is 1. The Kier molecular flexibility index (Phi) is 8.54. The average molecular weight is 481 g/mol. The molecule has 8 heteroatoms. The molecule has 7 nitrogen and oxygen atoms in total. The first kappa shape index (κ1) is 26.1. The topological polar surface area (TPSA) is 87.2 Å². The van der Waals surface area contributed by atoms with E-state index < -0.39 is 22.6 Å². The van der Waals surface area contributed by atoms with Gasteiger partial charge in [0.2, 0.25) is 11.8 Å². The highest BCUT2D eigenvalue weighted by atomic mass is 32.2. The molecule has 1 N–H and O–H groups in total. The van der Waals surface area contributed by atoms with Crippen LogP contribution in [0.3, 0.4) is 0 Å². The first-order valence-corrected chi connectivity index (χ1v) is 13.3. The summed E-state index contributed by atoms with van der Waals surface area (Å²) in [5.41, 5.74) is 0. The van der Waals surface area contributed by atoms with Gasteiger partial charge < -0.3 is 19.6 Å². The molecular formula is C25H40N2O5S. The maximum absolute atomic E-state index is 14.2. The van der Waals surface area contributed by atoms with Crippen LogP contribution in [0.25, 0.3) is 0 Å². The van der Waals surface area contributed by atoms with Crippen molar-refractivity contribution in [2.45, 2.75) is 81.9 Å². The van der Waals surface area contributed by atoms with E-state index >= 15 is 0 Å². The molecule has 33 heavy (non-hydrogen) atoms. The number of hydrogen-bond acceptors (Lipinski definition) is 6. The average Bonchev–Trinajstić information content (AvgIpc) is 3.36. The number of amides is 2. The summed E-state index contributed by atoms with van der Waals surface area (Å²) >= 11 is 1.68. The van der Waals surface area contributed by atoms with Gasteiger partial charge in [0, 0.05) is 31.0 Å². The number of nitrogens with zero attached hydrogens (tertiary/aromatic N) is 2. The third-order valence-corrected chi connectivity index (χ3v) is 9.77. The molecule has 3 heterocycles. The Morgan fingerprint density at radius 1 is 1.39 bits per heavy atom. The Balaban J connectivity index is 2.04. The number of fused-ring (bicyclic) bond motifs is 1.